The van der Waals surface area contributed by atoms with Gasteiger partial charge in [0.1, 0.15) is 30.8 Å². The SMILES string of the molecule is CCCCCCCCNC(=O)N1CCC(Nc2ccc(CCNC[C@H](O)COc3ccc(OCc4ccccc4)c4c3CCC(=O)N4)cc2)CC1. The number of rotatable bonds is 20. The molecule has 2 aliphatic rings. The van der Waals surface area contributed by atoms with Crippen molar-refractivity contribution in [2.75, 3.05) is 50.0 Å². The van der Waals surface area contributed by atoms with Gasteiger partial charge in [-0.2, -0.15) is 0 Å². The van der Waals surface area contributed by atoms with Crippen molar-refractivity contribution in [3.05, 3.63) is 83.4 Å². The van der Waals surface area contributed by atoms with E-state index in [0.29, 0.717) is 49.2 Å². The molecular formula is C41H57N5O5. The number of ether oxygens (including phenoxy) is 2. The predicted octanol–water partition coefficient (Wildman–Crippen LogP) is 6.67. The molecule has 0 saturated carbocycles. The van der Waals surface area contributed by atoms with Gasteiger partial charge in [-0.3, -0.25) is 4.79 Å². The molecule has 3 aromatic carbocycles. The molecule has 3 amide bonds. The third-order valence-electron chi connectivity index (χ3n) is 9.65. The Hall–Kier alpha value is -4.28. The number of nitrogens with one attached hydrogen (secondary N) is 4. The molecule has 276 valence electrons. The minimum atomic E-state index is -0.683. The molecule has 1 fully saturated rings. The second kappa shape index (κ2) is 20.5. The summed E-state index contributed by atoms with van der Waals surface area (Å²) < 4.78 is 12.1. The number of carbonyl (C=O) groups excluding carboxylic acids is 2. The molecule has 2 aliphatic heterocycles. The van der Waals surface area contributed by atoms with Gasteiger partial charge in [0.15, 0.2) is 0 Å². The number of amides is 3. The first-order valence-corrected chi connectivity index (χ1v) is 19.0. The molecular weight excluding hydrogens is 642 g/mol. The Bertz CT molecular complexity index is 1490. The zero-order chi connectivity index (χ0) is 35.7. The summed E-state index contributed by atoms with van der Waals surface area (Å²) in [6.45, 7) is 6.23. The Kier molecular flexibility index (Phi) is 15.3. The highest BCUT2D eigenvalue weighted by Crippen LogP contribution is 2.39. The number of anilines is 2. The van der Waals surface area contributed by atoms with Crippen LogP contribution >= 0.6 is 0 Å². The van der Waals surface area contributed by atoms with E-state index < -0.39 is 6.10 Å². The minimum Gasteiger partial charge on any atom is -0.490 e. The number of nitrogens with zero attached hydrogens (tertiary/aromatic N) is 1. The zero-order valence-corrected chi connectivity index (χ0v) is 30.3. The highest BCUT2D eigenvalue weighted by molar-refractivity contribution is 5.96. The quantitative estimate of drug-likeness (QED) is 0.0835. The molecule has 0 aromatic heterocycles. The average molecular weight is 700 g/mol. The number of piperidine rings is 1. The van der Waals surface area contributed by atoms with Crippen molar-refractivity contribution in [2.45, 2.75) is 96.3 Å². The standard InChI is InChI=1S/C41H57N5O5/c1-2-3-4-5-6-10-24-43-41(49)46-26-22-34(23-27-46)44-33-15-13-31(14-16-33)21-25-42-28-35(47)30-51-37-18-19-38(40-36(37)17-20-39(48)45-40)50-29-32-11-8-7-9-12-32/h7-9,11-16,18-19,34-35,42,44,47H,2-6,10,17,20-30H2,1H3,(H,43,49)(H,45,48)/t35-/m0/s1. The lowest BCUT2D eigenvalue weighted by molar-refractivity contribution is -0.116. The van der Waals surface area contributed by atoms with Gasteiger partial charge in [0.05, 0.1) is 5.69 Å². The number of aliphatic hydroxyl groups excluding tert-OH is 1. The van der Waals surface area contributed by atoms with Crippen LogP contribution in [0.3, 0.4) is 0 Å². The van der Waals surface area contributed by atoms with Crippen LogP contribution < -0.4 is 30.7 Å². The number of hydrogen-bond acceptors (Lipinski definition) is 7. The maximum atomic E-state index is 12.5. The second-order valence-corrected chi connectivity index (χ2v) is 13.8. The van der Waals surface area contributed by atoms with Crippen molar-refractivity contribution in [1.82, 2.24) is 15.5 Å². The fourth-order valence-corrected chi connectivity index (χ4v) is 6.61. The number of likely N-dealkylation sites (tertiary alicyclic amines) is 1. The normalized spacial score (nSPS) is 15.1. The maximum Gasteiger partial charge on any atom is 0.317 e. The Labute approximate surface area is 303 Å². The van der Waals surface area contributed by atoms with Gasteiger partial charge in [0.2, 0.25) is 5.91 Å². The zero-order valence-electron chi connectivity index (χ0n) is 30.3. The summed E-state index contributed by atoms with van der Waals surface area (Å²) in [5.74, 6) is 1.22. The monoisotopic (exact) mass is 699 g/mol. The van der Waals surface area contributed by atoms with Crippen molar-refractivity contribution in [1.29, 1.82) is 0 Å². The fourth-order valence-electron chi connectivity index (χ4n) is 6.61. The van der Waals surface area contributed by atoms with Crippen molar-refractivity contribution >= 4 is 23.3 Å². The van der Waals surface area contributed by atoms with E-state index in [9.17, 15) is 14.7 Å². The smallest absolute Gasteiger partial charge is 0.317 e. The van der Waals surface area contributed by atoms with E-state index in [4.69, 9.17) is 9.47 Å². The molecule has 10 heteroatoms. The predicted molar refractivity (Wildman–Crippen MR) is 204 cm³/mol. The van der Waals surface area contributed by atoms with E-state index in [1.165, 1.54) is 37.7 Å². The molecule has 0 spiro atoms. The molecule has 0 aliphatic carbocycles. The van der Waals surface area contributed by atoms with Crippen molar-refractivity contribution in [3.63, 3.8) is 0 Å². The molecule has 5 rings (SSSR count). The largest absolute Gasteiger partial charge is 0.490 e. The van der Waals surface area contributed by atoms with Gasteiger partial charge in [-0.05, 0) is 74.0 Å². The van der Waals surface area contributed by atoms with Gasteiger partial charge >= 0.3 is 6.03 Å². The Morgan fingerprint density at radius 3 is 2.41 bits per heavy atom. The van der Waals surface area contributed by atoms with Gasteiger partial charge < -0.3 is 40.7 Å². The van der Waals surface area contributed by atoms with Crippen LogP contribution in [-0.4, -0.2) is 73.4 Å². The summed E-state index contributed by atoms with van der Waals surface area (Å²) in [5.41, 5.74) is 4.91. The first-order valence-electron chi connectivity index (χ1n) is 19.0. The molecule has 2 heterocycles. The summed E-state index contributed by atoms with van der Waals surface area (Å²) >= 11 is 0. The van der Waals surface area contributed by atoms with E-state index >= 15 is 0 Å². The van der Waals surface area contributed by atoms with Gasteiger partial charge in [-0.15, -0.1) is 0 Å². The summed E-state index contributed by atoms with van der Waals surface area (Å²) in [7, 11) is 0. The lowest BCUT2D eigenvalue weighted by Gasteiger charge is -2.33. The summed E-state index contributed by atoms with van der Waals surface area (Å²) in [5, 5.41) is 23.7. The summed E-state index contributed by atoms with van der Waals surface area (Å²) in [4.78, 5) is 26.7. The van der Waals surface area contributed by atoms with Crippen molar-refractivity contribution < 1.29 is 24.2 Å². The number of aliphatic hydroxyl groups is 1. The van der Waals surface area contributed by atoms with E-state index in [1.807, 2.05) is 47.4 Å². The van der Waals surface area contributed by atoms with Crippen LogP contribution in [0.5, 0.6) is 11.5 Å². The first kappa shape index (κ1) is 38.0. The molecule has 0 radical (unpaired) electrons. The van der Waals surface area contributed by atoms with Crippen LogP contribution in [0.4, 0.5) is 16.2 Å². The Morgan fingerprint density at radius 1 is 0.882 bits per heavy atom. The maximum absolute atomic E-state index is 12.5. The third-order valence-corrected chi connectivity index (χ3v) is 9.65. The third kappa shape index (κ3) is 12.5. The van der Waals surface area contributed by atoms with E-state index in [2.05, 4.69) is 52.5 Å². The van der Waals surface area contributed by atoms with Gasteiger partial charge in [0.25, 0.3) is 0 Å². The number of carbonyl (C=O) groups is 2. The summed E-state index contributed by atoms with van der Waals surface area (Å²) in [6.07, 6.45) is 10.3. The summed E-state index contributed by atoms with van der Waals surface area (Å²) in [6, 6.07) is 22.5. The van der Waals surface area contributed by atoms with Crippen molar-refractivity contribution in [3.8, 4) is 11.5 Å². The van der Waals surface area contributed by atoms with Gasteiger partial charge in [-0.1, -0.05) is 81.5 Å². The lowest BCUT2D eigenvalue weighted by atomic mass is 10.0. The molecule has 0 unspecified atom stereocenters. The number of fused-ring (bicyclic) bond motifs is 1. The van der Waals surface area contributed by atoms with E-state index in [1.54, 1.807) is 0 Å². The van der Waals surface area contributed by atoms with Gasteiger partial charge in [-0.25, -0.2) is 4.79 Å². The topological polar surface area (TPSA) is 124 Å². The lowest BCUT2D eigenvalue weighted by Crippen LogP contribution is -2.47. The molecule has 5 N–H and O–H groups in total. The van der Waals surface area contributed by atoms with E-state index in [-0.39, 0.29) is 18.5 Å². The molecule has 51 heavy (non-hydrogen) atoms. The van der Waals surface area contributed by atoms with Crippen LogP contribution in [0.25, 0.3) is 0 Å². The number of benzene rings is 3. The van der Waals surface area contributed by atoms with Crippen LogP contribution in [0, 0.1) is 0 Å². The molecule has 3 aromatic rings. The number of unbranched alkanes of at least 4 members (excludes halogenated alkanes) is 5. The average Bonchev–Trinajstić information content (AvgIpc) is 3.16. The number of urea groups is 1. The molecule has 10 nitrogen and oxygen atoms in total. The van der Waals surface area contributed by atoms with E-state index in [0.717, 1.165) is 68.7 Å². The highest BCUT2D eigenvalue weighted by Gasteiger charge is 2.24. The fraction of sp³-hybridized carbons (Fsp3) is 0.512. The van der Waals surface area contributed by atoms with Crippen LogP contribution in [-0.2, 0) is 24.2 Å². The molecule has 1 atom stereocenters. The van der Waals surface area contributed by atoms with Crippen molar-refractivity contribution in [2.24, 2.45) is 0 Å². The van der Waals surface area contributed by atoms with Gasteiger partial charge in [0, 0.05) is 49.9 Å². The highest BCUT2D eigenvalue weighted by atomic mass is 16.5. The van der Waals surface area contributed by atoms with Crippen LogP contribution in [0.15, 0.2) is 66.7 Å². The Morgan fingerprint density at radius 2 is 1.63 bits per heavy atom. The molecule has 1 saturated heterocycles. The van der Waals surface area contributed by atoms with Crippen LogP contribution in [0.2, 0.25) is 0 Å². The minimum absolute atomic E-state index is 0.0452. The Balaban J connectivity index is 0.958. The number of hydrogen-bond donors (Lipinski definition) is 5. The molecule has 0 bridgehead atoms. The second-order valence-electron chi connectivity index (χ2n) is 13.8. The van der Waals surface area contributed by atoms with Crippen LogP contribution in [0.1, 0.15) is 81.4 Å². The first-order chi connectivity index (χ1) is 25.0.